The standard InChI is InChI=1S/C16H16BrClO2/c1-3-20-12-6-4-11(5-7-12)16(18)14-9-8-13(19-2)10-15(14)17/h4-10,16H,3H2,1-2H3. The highest BCUT2D eigenvalue weighted by Gasteiger charge is 2.14. The van der Waals surface area contributed by atoms with Crippen molar-refractivity contribution in [3.63, 3.8) is 0 Å². The number of hydrogen-bond acceptors (Lipinski definition) is 2. The van der Waals surface area contributed by atoms with E-state index in [0.29, 0.717) is 6.61 Å². The highest BCUT2D eigenvalue weighted by Crippen LogP contribution is 2.36. The smallest absolute Gasteiger partial charge is 0.120 e. The van der Waals surface area contributed by atoms with Gasteiger partial charge in [-0.1, -0.05) is 34.1 Å². The minimum atomic E-state index is -0.217. The molecular formula is C16H16BrClO2. The molecule has 0 N–H and O–H groups in total. The molecule has 0 amide bonds. The molecule has 0 spiro atoms. The van der Waals surface area contributed by atoms with Crippen molar-refractivity contribution in [2.45, 2.75) is 12.3 Å². The first kappa shape index (κ1) is 15.2. The molecule has 0 bridgehead atoms. The molecule has 0 saturated carbocycles. The summed E-state index contributed by atoms with van der Waals surface area (Å²) < 4.78 is 11.6. The summed E-state index contributed by atoms with van der Waals surface area (Å²) >= 11 is 10.1. The summed E-state index contributed by atoms with van der Waals surface area (Å²) in [6, 6.07) is 13.6. The summed E-state index contributed by atoms with van der Waals surface area (Å²) in [6.45, 7) is 2.63. The molecule has 1 atom stereocenters. The molecule has 0 aliphatic rings. The molecule has 2 aromatic carbocycles. The van der Waals surface area contributed by atoms with Crippen LogP contribution in [0.25, 0.3) is 0 Å². The number of rotatable bonds is 5. The largest absolute Gasteiger partial charge is 0.497 e. The van der Waals surface area contributed by atoms with Gasteiger partial charge in [0.15, 0.2) is 0 Å². The second-order valence-electron chi connectivity index (χ2n) is 4.25. The van der Waals surface area contributed by atoms with Crippen LogP contribution in [0.1, 0.15) is 23.4 Å². The molecule has 2 rings (SSSR count). The topological polar surface area (TPSA) is 18.5 Å². The number of hydrogen-bond donors (Lipinski definition) is 0. The fourth-order valence-electron chi connectivity index (χ4n) is 1.92. The first-order chi connectivity index (χ1) is 9.65. The van der Waals surface area contributed by atoms with Crippen molar-refractivity contribution in [2.24, 2.45) is 0 Å². The van der Waals surface area contributed by atoms with Gasteiger partial charge >= 0.3 is 0 Å². The Morgan fingerprint density at radius 3 is 2.30 bits per heavy atom. The molecule has 0 saturated heterocycles. The van der Waals surface area contributed by atoms with E-state index in [1.807, 2.05) is 49.4 Å². The van der Waals surface area contributed by atoms with Gasteiger partial charge in [0.25, 0.3) is 0 Å². The van der Waals surface area contributed by atoms with Crippen molar-refractivity contribution in [3.8, 4) is 11.5 Å². The summed E-state index contributed by atoms with van der Waals surface area (Å²) in [7, 11) is 1.64. The molecule has 106 valence electrons. The average molecular weight is 356 g/mol. The van der Waals surface area contributed by atoms with Gasteiger partial charge in [0, 0.05) is 4.47 Å². The Labute approximate surface area is 132 Å². The van der Waals surface area contributed by atoms with Crippen LogP contribution in [0.3, 0.4) is 0 Å². The minimum absolute atomic E-state index is 0.217. The van der Waals surface area contributed by atoms with Crippen molar-refractivity contribution in [3.05, 3.63) is 58.1 Å². The summed E-state index contributed by atoms with van der Waals surface area (Å²) in [5.41, 5.74) is 2.04. The zero-order chi connectivity index (χ0) is 14.5. The Kier molecular flexibility index (Phi) is 5.32. The maximum absolute atomic E-state index is 6.55. The van der Waals surface area contributed by atoms with E-state index in [0.717, 1.165) is 27.1 Å². The van der Waals surface area contributed by atoms with E-state index in [2.05, 4.69) is 15.9 Å². The van der Waals surface area contributed by atoms with Crippen LogP contribution in [0.4, 0.5) is 0 Å². The van der Waals surface area contributed by atoms with E-state index in [1.54, 1.807) is 7.11 Å². The summed E-state index contributed by atoms with van der Waals surface area (Å²) in [6.07, 6.45) is 0. The number of benzene rings is 2. The maximum Gasteiger partial charge on any atom is 0.120 e. The fourth-order valence-corrected chi connectivity index (χ4v) is 2.97. The molecule has 4 heteroatoms. The van der Waals surface area contributed by atoms with Gasteiger partial charge in [-0.15, -0.1) is 11.6 Å². The molecule has 0 radical (unpaired) electrons. The summed E-state index contributed by atoms with van der Waals surface area (Å²) in [5.74, 6) is 1.66. The van der Waals surface area contributed by atoms with Crippen molar-refractivity contribution in [1.29, 1.82) is 0 Å². The number of ether oxygens (including phenoxy) is 2. The van der Waals surface area contributed by atoms with Gasteiger partial charge in [-0.3, -0.25) is 0 Å². The first-order valence-corrected chi connectivity index (χ1v) is 7.59. The molecule has 0 aromatic heterocycles. The quantitative estimate of drug-likeness (QED) is 0.688. The van der Waals surface area contributed by atoms with E-state index in [1.165, 1.54) is 0 Å². The third-order valence-electron chi connectivity index (χ3n) is 2.96. The predicted molar refractivity (Wildman–Crippen MR) is 86.0 cm³/mol. The number of halogens is 2. The van der Waals surface area contributed by atoms with Crippen LogP contribution >= 0.6 is 27.5 Å². The van der Waals surface area contributed by atoms with Crippen LogP contribution in [0.2, 0.25) is 0 Å². The Balaban J connectivity index is 2.24. The van der Waals surface area contributed by atoms with Gasteiger partial charge in [-0.2, -0.15) is 0 Å². The van der Waals surface area contributed by atoms with Crippen LogP contribution < -0.4 is 9.47 Å². The van der Waals surface area contributed by atoms with Gasteiger partial charge in [0.1, 0.15) is 11.5 Å². The van der Waals surface area contributed by atoms with Gasteiger partial charge < -0.3 is 9.47 Å². The Hall–Kier alpha value is -1.19. The van der Waals surface area contributed by atoms with Gasteiger partial charge in [0.2, 0.25) is 0 Å². The van der Waals surface area contributed by atoms with Crippen LogP contribution in [-0.4, -0.2) is 13.7 Å². The Morgan fingerprint density at radius 1 is 1.10 bits per heavy atom. The third kappa shape index (κ3) is 3.47. The Morgan fingerprint density at radius 2 is 1.75 bits per heavy atom. The second kappa shape index (κ2) is 7.00. The van der Waals surface area contributed by atoms with Crippen molar-refractivity contribution >= 4 is 27.5 Å². The molecule has 0 heterocycles. The molecule has 0 aliphatic heterocycles. The van der Waals surface area contributed by atoms with E-state index in [9.17, 15) is 0 Å². The third-order valence-corrected chi connectivity index (χ3v) is 4.14. The van der Waals surface area contributed by atoms with Crippen LogP contribution in [-0.2, 0) is 0 Å². The van der Waals surface area contributed by atoms with Gasteiger partial charge in [0.05, 0.1) is 19.1 Å². The Bertz CT molecular complexity index is 569. The van der Waals surface area contributed by atoms with Crippen molar-refractivity contribution in [2.75, 3.05) is 13.7 Å². The van der Waals surface area contributed by atoms with E-state index < -0.39 is 0 Å². The second-order valence-corrected chi connectivity index (χ2v) is 5.54. The zero-order valence-corrected chi connectivity index (χ0v) is 13.7. The SMILES string of the molecule is CCOc1ccc(C(Cl)c2ccc(OC)cc2Br)cc1. The average Bonchev–Trinajstić information content (AvgIpc) is 2.47. The molecule has 2 aromatic rings. The highest BCUT2D eigenvalue weighted by molar-refractivity contribution is 9.10. The lowest BCUT2D eigenvalue weighted by Gasteiger charge is -2.14. The molecule has 20 heavy (non-hydrogen) atoms. The highest BCUT2D eigenvalue weighted by atomic mass is 79.9. The minimum Gasteiger partial charge on any atom is -0.497 e. The van der Waals surface area contributed by atoms with E-state index in [4.69, 9.17) is 21.1 Å². The lowest BCUT2D eigenvalue weighted by Crippen LogP contribution is -1.96. The van der Waals surface area contributed by atoms with Crippen molar-refractivity contribution in [1.82, 2.24) is 0 Å². The zero-order valence-electron chi connectivity index (χ0n) is 11.4. The molecule has 0 fully saturated rings. The molecule has 0 aliphatic carbocycles. The predicted octanol–water partition coefficient (Wildman–Crippen LogP) is 5.18. The van der Waals surface area contributed by atoms with Crippen LogP contribution in [0.5, 0.6) is 11.5 Å². The van der Waals surface area contributed by atoms with Gasteiger partial charge in [-0.25, -0.2) is 0 Å². The molecule has 1 unspecified atom stereocenters. The number of methoxy groups -OCH3 is 1. The van der Waals surface area contributed by atoms with Gasteiger partial charge in [-0.05, 0) is 42.3 Å². The maximum atomic E-state index is 6.55. The van der Waals surface area contributed by atoms with Crippen LogP contribution in [0.15, 0.2) is 46.9 Å². The monoisotopic (exact) mass is 354 g/mol. The fraction of sp³-hybridized carbons (Fsp3) is 0.250. The summed E-state index contributed by atoms with van der Waals surface area (Å²) in [4.78, 5) is 0. The normalized spacial score (nSPS) is 12.0. The van der Waals surface area contributed by atoms with E-state index >= 15 is 0 Å². The first-order valence-electron chi connectivity index (χ1n) is 6.36. The lowest BCUT2D eigenvalue weighted by atomic mass is 10.0. The summed E-state index contributed by atoms with van der Waals surface area (Å²) in [5, 5.41) is -0.217. The molecule has 2 nitrogen and oxygen atoms in total. The van der Waals surface area contributed by atoms with E-state index in [-0.39, 0.29) is 5.38 Å². The van der Waals surface area contributed by atoms with Crippen LogP contribution in [0, 0.1) is 0 Å². The molecular weight excluding hydrogens is 340 g/mol. The number of alkyl halides is 1. The lowest BCUT2D eigenvalue weighted by molar-refractivity contribution is 0.340. The van der Waals surface area contributed by atoms with Crippen molar-refractivity contribution < 1.29 is 9.47 Å².